The number of benzene rings is 1. The zero-order chi connectivity index (χ0) is 15.5. The van der Waals surface area contributed by atoms with E-state index in [4.69, 9.17) is 21.1 Å². The van der Waals surface area contributed by atoms with Crippen LogP contribution in [0.15, 0.2) is 40.8 Å². The molecule has 116 valence electrons. The normalized spacial score (nSPS) is 16.8. The van der Waals surface area contributed by atoms with E-state index < -0.39 is 5.97 Å². The highest BCUT2D eigenvalue weighted by atomic mass is 35.5. The molecular formula is C17H18ClNO3. The molecular weight excluding hydrogens is 302 g/mol. The van der Waals surface area contributed by atoms with Gasteiger partial charge in [-0.3, -0.25) is 9.69 Å². The minimum Gasteiger partial charge on any atom is -0.481 e. The lowest BCUT2D eigenvalue weighted by Gasteiger charge is -2.29. The molecule has 3 rings (SSSR count). The molecule has 2 heterocycles. The van der Waals surface area contributed by atoms with Gasteiger partial charge in [0.1, 0.15) is 11.5 Å². The largest absolute Gasteiger partial charge is 0.481 e. The summed E-state index contributed by atoms with van der Waals surface area (Å²) >= 11 is 6.18. The smallest absolute Gasteiger partial charge is 0.306 e. The van der Waals surface area contributed by atoms with Crippen molar-refractivity contribution in [2.45, 2.75) is 19.4 Å². The number of hydrogen-bond donors (Lipinski definition) is 1. The van der Waals surface area contributed by atoms with Crippen LogP contribution in [0, 0.1) is 5.92 Å². The van der Waals surface area contributed by atoms with Crippen LogP contribution in [0.25, 0.3) is 11.3 Å². The van der Waals surface area contributed by atoms with Gasteiger partial charge in [-0.2, -0.15) is 0 Å². The van der Waals surface area contributed by atoms with E-state index in [0.29, 0.717) is 24.4 Å². The van der Waals surface area contributed by atoms with Crippen LogP contribution in [-0.4, -0.2) is 29.1 Å². The third-order valence-electron chi connectivity index (χ3n) is 4.12. The number of furan rings is 1. The van der Waals surface area contributed by atoms with Crippen LogP contribution in [0.5, 0.6) is 0 Å². The molecule has 0 aliphatic carbocycles. The van der Waals surface area contributed by atoms with E-state index in [1.54, 1.807) is 0 Å². The zero-order valence-electron chi connectivity index (χ0n) is 12.2. The van der Waals surface area contributed by atoms with Gasteiger partial charge in [-0.15, -0.1) is 0 Å². The summed E-state index contributed by atoms with van der Waals surface area (Å²) in [6.07, 6.45) is 1.40. The Kier molecular flexibility index (Phi) is 4.50. The summed E-state index contributed by atoms with van der Waals surface area (Å²) in [5.41, 5.74) is 0.889. The number of hydrogen-bond acceptors (Lipinski definition) is 3. The topological polar surface area (TPSA) is 53.7 Å². The molecule has 1 saturated heterocycles. The molecule has 1 N–H and O–H groups in total. The van der Waals surface area contributed by atoms with Crippen molar-refractivity contribution in [3.05, 3.63) is 47.2 Å². The van der Waals surface area contributed by atoms with E-state index in [-0.39, 0.29) is 5.92 Å². The first-order valence-corrected chi connectivity index (χ1v) is 7.80. The molecule has 0 atom stereocenters. The Bertz CT molecular complexity index is 659. The second-order valence-electron chi connectivity index (χ2n) is 5.63. The highest BCUT2D eigenvalue weighted by molar-refractivity contribution is 6.33. The molecule has 5 heteroatoms. The number of aliphatic carboxylic acids is 1. The molecule has 2 aromatic rings. The molecule has 1 aromatic heterocycles. The molecule has 4 nitrogen and oxygen atoms in total. The first kappa shape index (κ1) is 15.1. The maximum Gasteiger partial charge on any atom is 0.306 e. The van der Waals surface area contributed by atoms with Gasteiger partial charge in [0.05, 0.1) is 17.5 Å². The Morgan fingerprint density at radius 3 is 2.64 bits per heavy atom. The van der Waals surface area contributed by atoms with Crippen molar-refractivity contribution in [2.24, 2.45) is 5.92 Å². The Morgan fingerprint density at radius 2 is 1.95 bits per heavy atom. The van der Waals surface area contributed by atoms with Crippen LogP contribution < -0.4 is 0 Å². The van der Waals surface area contributed by atoms with Gasteiger partial charge >= 0.3 is 5.97 Å². The Labute approximate surface area is 134 Å². The SMILES string of the molecule is O=C(O)C1CCN(Cc2ccc(-c3ccccc3Cl)o2)CC1. The lowest BCUT2D eigenvalue weighted by Crippen LogP contribution is -2.35. The molecule has 0 saturated carbocycles. The van der Waals surface area contributed by atoms with E-state index in [1.165, 1.54) is 0 Å². The highest BCUT2D eigenvalue weighted by Crippen LogP contribution is 2.29. The number of rotatable bonds is 4. The number of nitrogens with zero attached hydrogens (tertiary/aromatic N) is 1. The van der Waals surface area contributed by atoms with Crippen LogP contribution >= 0.6 is 11.6 Å². The molecule has 1 aliphatic heterocycles. The van der Waals surface area contributed by atoms with Gasteiger partial charge < -0.3 is 9.52 Å². The number of carboxylic acid groups (broad SMARTS) is 1. The first-order chi connectivity index (χ1) is 10.6. The van der Waals surface area contributed by atoms with Crippen LogP contribution in [0.4, 0.5) is 0 Å². The maximum absolute atomic E-state index is 11.0. The summed E-state index contributed by atoms with van der Waals surface area (Å²) in [5, 5.41) is 9.69. The average molecular weight is 320 g/mol. The fourth-order valence-electron chi connectivity index (χ4n) is 2.83. The summed E-state index contributed by atoms with van der Waals surface area (Å²) in [5.74, 6) is 0.759. The fraction of sp³-hybridized carbons (Fsp3) is 0.353. The van der Waals surface area contributed by atoms with E-state index in [2.05, 4.69) is 4.90 Å². The zero-order valence-corrected chi connectivity index (χ0v) is 12.9. The number of halogens is 1. The monoisotopic (exact) mass is 319 g/mol. The quantitative estimate of drug-likeness (QED) is 0.928. The van der Waals surface area contributed by atoms with Gasteiger partial charge in [0.25, 0.3) is 0 Å². The average Bonchev–Trinajstić information content (AvgIpc) is 2.96. The maximum atomic E-state index is 11.0. The van der Waals surface area contributed by atoms with Crippen molar-refractivity contribution in [2.75, 3.05) is 13.1 Å². The van der Waals surface area contributed by atoms with Gasteiger partial charge in [0.2, 0.25) is 0 Å². The molecule has 0 bridgehead atoms. The minimum atomic E-state index is -0.682. The van der Waals surface area contributed by atoms with E-state index >= 15 is 0 Å². The van der Waals surface area contributed by atoms with E-state index in [0.717, 1.165) is 30.2 Å². The Morgan fingerprint density at radius 1 is 1.23 bits per heavy atom. The summed E-state index contributed by atoms with van der Waals surface area (Å²) in [7, 11) is 0. The van der Waals surface area contributed by atoms with Crippen molar-refractivity contribution < 1.29 is 14.3 Å². The Balaban J connectivity index is 1.63. The van der Waals surface area contributed by atoms with Crippen LogP contribution in [-0.2, 0) is 11.3 Å². The third-order valence-corrected chi connectivity index (χ3v) is 4.45. The van der Waals surface area contributed by atoms with Gasteiger partial charge in [0, 0.05) is 5.56 Å². The number of piperidine rings is 1. The molecule has 0 amide bonds. The molecule has 22 heavy (non-hydrogen) atoms. The molecule has 0 unspecified atom stereocenters. The number of carbonyl (C=O) groups is 1. The van der Waals surface area contributed by atoms with Crippen LogP contribution in [0.1, 0.15) is 18.6 Å². The summed E-state index contributed by atoms with van der Waals surface area (Å²) in [6.45, 7) is 2.29. The molecule has 1 fully saturated rings. The summed E-state index contributed by atoms with van der Waals surface area (Å²) < 4.78 is 5.89. The number of carboxylic acids is 1. The molecule has 0 radical (unpaired) electrons. The standard InChI is InChI=1S/C17H18ClNO3/c18-15-4-2-1-3-14(15)16-6-5-13(22-16)11-19-9-7-12(8-10-19)17(20)21/h1-6,12H,7-11H2,(H,20,21). The molecule has 1 aromatic carbocycles. The predicted molar refractivity (Wildman–Crippen MR) is 84.8 cm³/mol. The minimum absolute atomic E-state index is 0.202. The first-order valence-electron chi connectivity index (χ1n) is 7.42. The predicted octanol–water partition coefficient (Wildman–Crippen LogP) is 3.90. The van der Waals surface area contributed by atoms with Crippen molar-refractivity contribution >= 4 is 17.6 Å². The summed E-state index contributed by atoms with van der Waals surface area (Å²) in [4.78, 5) is 13.2. The van der Waals surface area contributed by atoms with Gasteiger partial charge in [0.15, 0.2) is 0 Å². The van der Waals surface area contributed by atoms with Crippen LogP contribution in [0.2, 0.25) is 5.02 Å². The van der Waals surface area contributed by atoms with Crippen molar-refractivity contribution in [1.82, 2.24) is 4.90 Å². The molecule has 0 spiro atoms. The molecule has 1 aliphatic rings. The lowest BCUT2D eigenvalue weighted by atomic mass is 9.97. The Hall–Kier alpha value is -1.78. The van der Waals surface area contributed by atoms with E-state index in [9.17, 15) is 4.79 Å². The van der Waals surface area contributed by atoms with Crippen molar-refractivity contribution in [1.29, 1.82) is 0 Å². The lowest BCUT2D eigenvalue weighted by molar-refractivity contribution is -0.143. The van der Waals surface area contributed by atoms with Crippen LogP contribution in [0.3, 0.4) is 0 Å². The third kappa shape index (κ3) is 3.34. The van der Waals surface area contributed by atoms with Crippen molar-refractivity contribution in [3.63, 3.8) is 0 Å². The number of likely N-dealkylation sites (tertiary alicyclic amines) is 1. The highest BCUT2D eigenvalue weighted by Gasteiger charge is 2.24. The van der Waals surface area contributed by atoms with E-state index in [1.807, 2.05) is 36.4 Å². The van der Waals surface area contributed by atoms with Crippen molar-refractivity contribution in [3.8, 4) is 11.3 Å². The van der Waals surface area contributed by atoms with Gasteiger partial charge in [-0.25, -0.2) is 0 Å². The summed E-state index contributed by atoms with van der Waals surface area (Å²) in [6, 6.07) is 11.5. The van der Waals surface area contributed by atoms with Gasteiger partial charge in [-0.1, -0.05) is 23.7 Å². The second-order valence-corrected chi connectivity index (χ2v) is 6.04. The van der Waals surface area contributed by atoms with Gasteiger partial charge in [-0.05, 0) is 50.2 Å². The fourth-order valence-corrected chi connectivity index (χ4v) is 3.06. The second kappa shape index (κ2) is 6.55.